The van der Waals surface area contributed by atoms with Crippen LogP contribution in [0.25, 0.3) is 11.4 Å². The van der Waals surface area contributed by atoms with Gasteiger partial charge in [0.05, 0.1) is 0 Å². The Bertz CT molecular complexity index is 653. The lowest BCUT2D eigenvalue weighted by molar-refractivity contribution is 0.630. The van der Waals surface area contributed by atoms with Crippen LogP contribution in [0.1, 0.15) is 46.5 Å². The predicted molar refractivity (Wildman–Crippen MR) is 102 cm³/mol. The Hall–Kier alpha value is -2.10. The lowest BCUT2D eigenvalue weighted by Crippen LogP contribution is -2.28. The number of hydrogen-bond donors (Lipinski definition) is 1. The second-order valence-electron chi connectivity index (χ2n) is 7.58. The van der Waals surface area contributed by atoms with Crippen molar-refractivity contribution in [3.05, 3.63) is 36.4 Å². The van der Waals surface area contributed by atoms with E-state index in [-0.39, 0.29) is 5.54 Å². The highest BCUT2D eigenvalue weighted by Gasteiger charge is 2.17. The van der Waals surface area contributed by atoms with E-state index in [1.807, 2.05) is 18.2 Å². The van der Waals surface area contributed by atoms with Gasteiger partial charge < -0.3 is 10.2 Å². The van der Waals surface area contributed by atoms with Gasteiger partial charge in [0.2, 0.25) is 0 Å². The van der Waals surface area contributed by atoms with E-state index in [0.29, 0.717) is 0 Å². The molecule has 1 N–H and O–H groups in total. The van der Waals surface area contributed by atoms with Gasteiger partial charge in [-0.05, 0) is 33.6 Å². The molecule has 2 aromatic rings. The van der Waals surface area contributed by atoms with Crippen molar-refractivity contribution in [2.75, 3.05) is 23.3 Å². The van der Waals surface area contributed by atoms with Crippen molar-refractivity contribution in [2.24, 2.45) is 0 Å². The second-order valence-corrected chi connectivity index (χ2v) is 7.58. The smallest absolute Gasteiger partial charge is 0.163 e. The van der Waals surface area contributed by atoms with Gasteiger partial charge in [0.1, 0.15) is 11.6 Å². The summed E-state index contributed by atoms with van der Waals surface area (Å²) in [6, 6.07) is 12.3. The largest absolute Gasteiger partial charge is 0.365 e. The van der Waals surface area contributed by atoms with Crippen molar-refractivity contribution >= 4 is 11.6 Å². The molecular weight excluding hydrogens is 296 g/mol. The third kappa shape index (κ3) is 4.47. The number of benzene rings is 1. The van der Waals surface area contributed by atoms with Gasteiger partial charge in [0, 0.05) is 30.3 Å². The molecule has 4 nitrogen and oxygen atoms in total. The fourth-order valence-corrected chi connectivity index (χ4v) is 3.06. The Morgan fingerprint density at radius 2 is 1.58 bits per heavy atom. The minimum atomic E-state index is -0.0294. The highest BCUT2D eigenvalue weighted by atomic mass is 15.2. The molecule has 1 saturated heterocycles. The molecule has 1 aliphatic rings. The summed E-state index contributed by atoms with van der Waals surface area (Å²) in [7, 11) is 0. The fourth-order valence-electron chi connectivity index (χ4n) is 3.06. The number of hydrogen-bond acceptors (Lipinski definition) is 4. The highest BCUT2D eigenvalue weighted by molar-refractivity contribution is 5.62. The molecule has 128 valence electrons. The maximum atomic E-state index is 4.87. The normalized spacial score (nSPS) is 15.9. The summed E-state index contributed by atoms with van der Waals surface area (Å²) in [5.41, 5.74) is 1.03. The van der Waals surface area contributed by atoms with E-state index in [1.165, 1.54) is 25.7 Å². The monoisotopic (exact) mass is 324 g/mol. The van der Waals surface area contributed by atoms with E-state index in [1.54, 1.807) is 0 Å². The summed E-state index contributed by atoms with van der Waals surface area (Å²) in [4.78, 5) is 12.0. The van der Waals surface area contributed by atoms with Gasteiger partial charge in [-0.15, -0.1) is 0 Å². The molecule has 4 heteroatoms. The van der Waals surface area contributed by atoms with Crippen LogP contribution in [-0.4, -0.2) is 28.6 Å². The average molecular weight is 324 g/mol. The topological polar surface area (TPSA) is 41.0 Å². The zero-order valence-electron chi connectivity index (χ0n) is 15.0. The van der Waals surface area contributed by atoms with Crippen molar-refractivity contribution in [3.8, 4) is 11.4 Å². The summed E-state index contributed by atoms with van der Waals surface area (Å²) >= 11 is 0. The first-order valence-corrected chi connectivity index (χ1v) is 8.99. The van der Waals surface area contributed by atoms with Crippen molar-refractivity contribution in [3.63, 3.8) is 0 Å². The first-order valence-electron chi connectivity index (χ1n) is 8.99. The molecule has 24 heavy (non-hydrogen) atoms. The summed E-state index contributed by atoms with van der Waals surface area (Å²) in [6.07, 6.45) is 5.12. The van der Waals surface area contributed by atoms with E-state index in [2.05, 4.69) is 49.2 Å². The van der Waals surface area contributed by atoms with Gasteiger partial charge in [-0.3, -0.25) is 0 Å². The molecular formula is C20H28N4. The number of anilines is 2. The Kier molecular flexibility index (Phi) is 5.03. The summed E-state index contributed by atoms with van der Waals surface area (Å²) < 4.78 is 0. The summed E-state index contributed by atoms with van der Waals surface area (Å²) in [5.74, 6) is 2.73. The predicted octanol–water partition coefficient (Wildman–Crippen LogP) is 4.73. The molecule has 1 aromatic heterocycles. The number of rotatable bonds is 3. The molecule has 0 atom stereocenters. The average Bonchev–Trinajstić information content (AvgIpc) is 2.83. The van der Waals surface area contributed by atoms with Crippen LogP contribution in [0.15, 0.2) is 36.4 Å². The second kappa shape index (κ2) is 7.20. The van der Waals surface area contributed by atoms with Gasteiger partial charge in [-0.1, -0.05) is 43.2 Å². The van der Waals surface area contributed by atoms with Gasteiger partial charge in [-0.25, -0.2) is 9.97 Å². The molecule has 1 aliphatic heterocycles. The van der Waals surface area contributed by atoms with Gasteiger partial charge in [-0.2, -0.15) is 0 Å². The maximum absolute atomic E-state index is 4.87. The molecule has 0 unspecified atom stereocenters. The molecule has 2 heterocycles. The van der Waals surface area contributed by atoms with Crippen LogP contribution in [0.4, 0.5) is 11.6 Å². The maximum Gasteiger partial charge on any atom is 0.163 e. The molecule has 3 rings (SSSR count). The first kappa shape index (κ1) is 16.7. The van der Waals surface area contributed by atoms with Crippen LogP contribution in [-0.2, 0) is 0 Å². The number of nitrogens with one attached hydrogen (secondary N) is 1. The lowest BCUT2D eigenvalue weighted by atomic mass is 10.1. The fraction of sp³-hybridized carbons (Fsp3) is 0.500. The third-order valence-electron chi connectivity index (χ3n) is 4.18. The molecule has 0 saturated carbocycles. The Balaban J connectivity index is 1.99. The van der Waals surface area contributed by atoms with Crippen LogP contribution >= 0.6 is 0 Å². The van der Waals surface area contributed by atoms with Gasteiger partial charge in [0.15, 0.2) is 5.82 Å². The van der Waals surface area contributed by atoms with Gasteiger partial charge in [0.25, 0.3) is 0 Å². The minimum Gasteiger partial charge on any atom is -0.365 e. The van der Waals surface area contributed by atoms with Gasteiger partial charge >= 0.3 is 0 Å². The summed E-state index contributed by atoms with van der Waals surface area (Å²) in [6.45, 7) is 8.63. The van der Waals surface area contributed by atoms with E-state index in [4.69, 9.17) is 9.97 Å². The van der Waals surface area contributed by atoms with Crippen LogP contribution in [0.2, 0.25) is 0 Å². The van der Waals surface area contributed by atoms with E-state index in [9.17, 15) is 0 Å². The van der Waals surface area contributed by atoms with Crippen molar-refractivity contribution in [1.29, 1.82) is 0 Å². The van der Waals surface area contributed by atoms with Crippen LogP contribution in [0.5, 0.6) is 0 Å². The summed E-state index contributed by atoms with van der Waals surface area (Å²) in [5, 5.41) is 3.51. The number of nitrogens with zero attached hydrogens (tertiary/aromatic N) is 3. The van der Waals surface area contributed by atoms with Crippen LogP contribution < -0.4 is 10.2 Å². The zero-order chi connectivity index (χ0) is 17.0. The standard InChI is InChI=1S/C20H28N4/c1-20(2,3)23-17-15-18(24-13-9-4-5-10-14-24)22-19(21-17)16-11-7-6-8-12-16/h6-8,11-12,15H,4-5,9-10,13-14H2,1-3H3,(H,21,22,23). The van der Waals surface area contributed by atoms with Crippen molar-refractivity contribution in [2.45, 2.75) is 52.0 Å². The number of aromatic nitrogens is 2. The zero-order valence-corrected chi connectivity index (χ0v) is 15.0. The van der Waals surface area contributed by atoms with E-state index in [0.717, 1.165) is 36.1 Å². The van der Waals surface area contributed by atoms with Crippen LogP contribution in [0, 0.1) is 0 Å². The SMILES string of the molecule is CC(C)(C)Nc1cc(N2CCCCCC2)nc(-c2ccccc2)n1. The Morgan fingerprint density at radius 3 is 2.21 bits per heavy atom. The molecule has 0 bridgehead atoms. The lowest BCUT2D eigenvalue weighted by Gasteiger charge is -2.25. The Morgan fingerprint density at radius 1 is 0.917 bits per heavy atom. The third-order valence-corrected chi connectivity index (χ3v) is 4.18. The van der Waals surface area contributed by atoms with Crippen molar-refractivity contribution in [1.82, 2.24) is 9.97 Å². The van der Waals surface area contributed by atoms with E-state index >= 15 is 0 Å². The minimum absolute atomic E-state index is 0.0294. The molecule has 1 fully saturated rings. The quantitative estimate of drug-likeness (QED) is 0.886. The molecule has 0 spiro atoms. The molecule has 1 aromatic carbocycles. The first-order chi connectivity index (χ1) is 11.5. The van der Waals surface area contributed by atoms with Crippen molar-refractivity contribution < 1.29 is 0 Å². The highest BCUT2D eigenvalue weighted by Crippen LogP contribution is 2.25. The molecule has 0 radical (unpaired) electrons. The molecule has 0 aliphatic carbocycles. The molecule has 0 amide bonds. The van der Waals surface area contributed by atoms with Crippen LogP contribution in [0.3, 0.4) is 0 Å². The van der Waals surface area contributed by atoms with E-state index < -0.39 is 0 Å². The Labute approximate surface area is 145 Å².